The molecule has 2 aromatic carbocycles. The average molecular weight is 381 g/mol. The minimum Gasteiger partial charge on any atom is -0.355 e. The van der Waals surface area contributed by atoms with E-state index in [1.807, 2.05) is 0 Å². The van der Waals surface area contributed by atoms with Crippen molar-refractivity contribution < 1.29 is 4.79 Å². The van der Waals surface area contributed by atoms with Crippen molar-refractivity contribution in [3.05, 3.63) is 42.0 Å². The van der Waals surface area contributed by atoms with E-state index in [9.17, 15) is 4.79 Å². The van der Waals surface area contributed by atoms with Crippen molar-refractivity contribution in [1.82, 2.24) is 20.0 Å². The van der Waals surface area contributed by atoms with Crippen LogP contribution in [0.5, 0.6) is 0 Å². The van der Waals surface area contributed by atoms with E-state index in [0.29, 0.717) is 6.54 Å². The Kier molecular flexibility index (Phi) is 5.18. The maximum Gasteiger partial charge on any atom is 0.207 e. The Hall–Kier alpha value is -2.31. The summed E-state index contributed by atoms with van der Waals surface area (Å²) in [7, 11) is 0. The number of hydrogen-bond donors (Lipinski definition) is 1. The fraction of sp³-hybridized carbons (Fsp3) is 0.333. The van der Waals surface area contributed by atoms with E-state index in [4.69, 9.17) is 5.10 Å². The Labute approximate surface area is 163 Å². The van der Waals surface area contributed by atoms with E-state index in [0.717, 1.165) is 43.8 Å². The van der Waals surface area contributed by atoms with E-state index >= 15 is 0 Å². The smallest absolute Gasteiger partial charge is 0.207 e. The third-order valence-corrected chi connectivity index (χ3v) is 6.45. The molecule has 0 fully saturated rings. The fourth-order valence-electron chi connectivity index (χ4n) is 3.69. The highest BCUT2D eigenvalue weighted by Gasteiger charge is 2.25. The number of fused-ring (bicyclic) bond motifs is 2. The number of nitrogens with zero attached hydrogens (tertiary/aromatic N) is 3. The fourth-order valence-corrected chi connectivity index (χ4v) is 4.90. The van der Waals surface area contributed by atoms with Gasteiger partial charge in [0, 0.05) is 33.8 Å². The van der Waals surface area contributed by atoms with Gasteiger partial charge in [-0.05, 0) is 30.8 Å². The number of amides is 1. The highest BCUT2D eigenvalue weighted by molar-refractivity contribution is 7.99. The standard InChI is InChI=1S/C21H24N4OS/c1-3-24(4-2)11-12-25-17-10-9-15(13-22-14-26)21-19(17)20(23-25)16-7-5-6-8-18(16)27-21/h5-10,14H,3-4,11-13H2,1-2H3,(H,22,26). The van der Waals surface area contributed by atoms with Crippen LogP contribution in [-0.2, 0) is 17.9 Å². The molecule has 1 amide bonds. The van der Waals surface area contributed by atoms with Crippen molar-refractivity contribution in [2.24, 2.45) is 0 Å². The Morgan fingerprint density at radius 2 is 2.00 bits per heavy atom. The number of hydrogen-bond acceptors (Lipinski definition) is 4. The van der Waals surface area contributed by atoms with Crippen LogP contribution in [0.1, 0.15) is 19.4 Å². The first kappa shape index (κ1) is 18.1. The van der Waals surface area contributed by atoms with Gasteiger partial charge < -0.3 is 10.2 Å². The normalized spacial score (nSPS) is 12.4. The molecular weight excluding hydrogens is 356 g/mol. The molecule has 0 bridgehead atoms. The second-order valence-electron chi connectivity index (χ2n) is 6.64. The maximum absolute atomic E-state index is 10.8. The summed E-state index contributed by atoms with van der Waals surface area (Å²) in [5.41, 5.74) is 4.56. The topological polar surface area (TPSA) is 50.2 Å². The Balaban J connectivity index is 1.83. The minimum atomic E-state index is 0.536. The van der Waals surface area contributed by atoms with Gasteiger partial charge in [-0.3, -0.25) is 9.48 Å². The minimum absolute atomic E-state index is 0.536. The quantitative estimate of drug-likeness (QED) is 0.473. The second-order valence-corrected chi connectivity index (χ2v) is 7.70. The molecule has 4 rings (SSSR count). The Bertz CT molecular complexity index is 978. The zero-order valence-corrected chi connectivity index (χ0v) is 16.6. The molecule has 0 spiro atoms. The van der Waals surface area contributed by atoms with Crippen molar-refractivity contribution in [1.29, 1.82) is 0 Å². The van der Waals surface area contributed by atoms with Gasteiger partial charge in [0.2, 0.25) is 6.41 Å². The van der Waals surface area contributed by atoms with Crippen LogP contribution in [0, 0.1) is 0 Å². The second kappa shape index (κ2) is 7.74. The predicted molar refractivity (Wildman–Crippen MR) is 110 cm³/mol. The molecular formula is C21H24N4OS. The lowest BCUT2D eigenvalue weighted by Gasteiger charge is -2.18. The molecule has 140 valence electrons. The largest absolute Gasteiger partial charge is 0.355 e. The van der Waals surface area contributed by atoms with Crippen molar-refractivity contribution in [2.45, 2.75) is 36.7 Å². The Morgan fingerprint density at radius 3 is 2.78 bits per heavy atom. The summed E-state index contributed by atoms with van der Waals surface area (Å²) in [4.78, 5) is 15.6. The molecule has 0 aliphatic carbocycles. The summed E-state index contributed by atoms with van der Waals surface area (Å²) >= 11 is 1.78. The monoisotopic (exact) mass is 380 g/mol. The number of aromatic nitrogens is 2. The molecule has 0 radical (unpaired) electrons. The molecule has 1 aliphatic rings. The molecule has 0 saturated carbocycles. The first-order chi connectivity index (χ1) is 13.3. The molecule has 6 heteroatoms. The van der Waals surface area contributed by atoms with Gasteiger partial charge in [0.15, 0.2) is 0 Å². The van der Waals surface area contributed by atoms with Crippen molar-refractivity contribution >= 4 is 29.1 Å². The van der Waals surface area contributed by atoms with E-state index in [1.165, 1.54) is 26.3 Å². The zero-order chi connectivity index (χ0) is 18.8. The van der Waals surface area contributed by atoms with Crippen LogP contribution in [0.4, 0.5) is 0 Å². The van der Waals surface area contributed by atoms with Crippen LogP contribution in [-0.4, -0.2) is 40.7 Å². The Morgan fingerprint density at radius 1 is 1.19 bits per heavy atom. The molecule has 0 unspecified atom stereocenters. The number of likely N-dealkylation sites (N-methyl/N-ethyl adjacent to an activating group) is 1. The van der Waals surface area contributed by atoms with Crippen LogP contribution < -0.4 is 5.32 Å². The lowest BCUT2D eigenvalue weighted by atomic mass is 10.0. The summed E-state index contributed by atoms with van der Waals surface area (Å²) in [5.74, 6) is 0. The molecule has 0 saturated heterocycles. The van der Waals surface area contributed by atoms with Gasteiger partial charge >= 0.3 is 0 Å². The molecule has 1 aromatic heterocycles. The van der Waals surface area contributed by atoms with Crippen molar-refractivity contribution in [3.63, 3.8) is 0 Å². The van der Waals surface area contributed by atoms with E-state index < -0.39 is 0 Å². The van der Waals surface area contributed by atoms with Crippen LogP contribution in [0.2, 0.25) is 0 Å². The summed E-state index contributed by atoms with van der Waals surface area (Å²) in [6, 6.07) is 12.7. The zero-order valence-electron chi connectivity index (χ0n) is 15.7. The van der Waals surface area contributed by atoms with Gasteiger partial charge in [0.05, 0.1) is 12.1 Å². The molecule has 1 N–H and O–H groups in total. The van der Waals surface area contributed by atoms with Crippen molar-refractivity contribution in [3.8, 4) is 11.3 Å². The molecule has 1 aliphatic heterocycles. The van der Waals surface area contributed by atoms with Crippen LogP contribution in [0.15, 0.2) is 46.2 Å². The third-order valence-electron chi connectivity index (χ3n) is 5.21. The first-order valence-electron chi connectivity index (χ1n) is 9.45. The van der Waals surface area contributed by atoms with Gasteiger partial charge in [-0.1, -0.05) is 49.9 Å². The third kappa shape index (κ3) is 3.24. The molecule has 0 atom stereocenters. The van der Waals surface area contributed by atoms with E-state index in [-0.39, 0.29) is 0 Å². The maximum atomic E-state index is 10.8. The number of carbonyl (C=O) groups is 1. The van der Waals surface area contributed by atoms with Gasteiger partial charge in [0.1, 0.15) is 5.69 Å². The molecule has 2 heterocycles. The highest BCUT2D eigenvalue weighted by Crippen LogP contribution is 2.48. The average Bonchev–Trinajstić information content (AvgIpc) is 3.08. The summed E-state index contributed by atoms with van der Waals surface area (Å²) in [5, 5.41) is 9.03. The van der Waals surface area contributed by atoms with Gasteiger partial charge in [0.25, 0.3) is 0 Å². The van der Waals surface area contributed by atoms with Crippen LogP contribution in [0.25, 0.3) is 22.2 Å². The summed E-state index contributed by atoms with van der Waals surface area (Å²) < 4.78 is 2.14. The molecule has 5 nitrogen and oxygen atoms in total. The summed E-state index contributed by atoms with van der Waals surface area (Å²) in [6.07, 6.45) is 0.757. The number of rotatable bonds is 8. The highest BCUT2D eigenvalue weighted by atomic mass is 32.2. The number of nitrogens with one attached hydrogen (secondary N) is 1. The van der Waals surface area contributed by atoms with Gasteiger partial charge in [-0.25, -0.2) is 0 Å². The van der Waals surface area contributed by atoms with Crippen LogP contribution >= 0.6 is 11.8 Å². The molecule has 3 aromatic rings. The number of benzene rings is 2. The van der Waals surface area contributed by atoms with E-state index in [1.54, 1.807) is 11.8 Å². The SMILES string of the molecule is CCN(CC)CCn1nc2c3c(c(CNC=O)ccc31)Sc1ccccc1-2. The lowest BCUT2D eigenvalue weighted by molar-refractivity contribution is -0.109. The lowest BCUT2D eigenvalue weighted by Crippen LogP contribution is -2.27. The number of carbonyl (C=O) groups excluding carboxylic acids is 1. The van der Waals surface area contributed by atoms with E-state index in [2.05, 4.69) is 65.1 Å². The van der Waals surface area contributed by atoms with Crippen molar-refractivity contribution in [2.75, 3.05) is 19.6 Å². The van der Waals surface area contributed by atoms with Crippen LogP contribution in [0.3, 0.4) is 0 Å². The summed E-state index contributed by atoms with van der Waals surface area (Å²) in [6.45, 7) is 8.89. The molecule has 27 heavy (non-hydrogen) atoms. The van der Waals surface area contributed by atoms with Gasteiger partial charge in [-0.15, -0.1) is 0 Å². The van der Waals surface area contributed by atoms with Gasteiger partial charge in [-0.2, -0.15) is 5.10 Å². The first-order valence-corrected chi connectivity index (χ1v) is 10.3. The predicted octanol–water partition coefficient (Wildman–Crippen LogP) is 3.76.